The zero-order valence-corrected chi connectivity index (χ0v) is 6.23. The molecular weight excluding hydrogens is 112 g/mol. The summed E-state index contributed by atoms with van der Waals surface area (Å²) >= 11 is 0. The minimum absolute atomic E-state index is 0.419. The Morgan fingerprint density at radius 2 is 2.22 bits per heavy atom. The number of hydrogen-bond acceptors (Lipinski definition) is 2. The van der Waals surface area contributed by atoms with Crippen molar-refractivity contribution in [2.24, 2.45) is 5.92 Å². The number of hydrogen-bond donors (Lipinski definition) is 2. The lowest BCUT2D eigenvalue weighted by atomic mass is 10.1. The van der Waals surface area contributed by atoms with E-state index in [4.69, 9.17) is 0 Å². The Bertz CT molecular complexity index is 127. The zero-order chi connectivity index (χ0) is 6.85. The van der Waals surface area contributed by atoms with E-state index in [2.05, 4.69) is 37.6 Å². The van der Waals surface area contributed by atoms with E-state index in [1.807, 2.05) is 0 Å². The number of rotatable bonds is 1. The molecule has 0 aromatic carbocycles. The highest BCUT2D eigenvalue weighted by Crippen LogP contribution is 2.08. The first-order valence-corrected chi connectivity index (χ1v) is 3.43. The van der Waals surface area contributed by atoms with Gasteiger partial charge in [-0.15, -0.1) is 0 Å². The Labute approximate surface area is 56.3 Å². The molecule has 1 aliphatic heterocycles. The van der Waals surface area contributed by atoms with Crippen LogP contribution in [0.3, 0.4) is 0 Å². The van der Waals surface area contributed by atoms with Gasteiger partial charge in [-0.1, -0.05) is 13.8 Å². The molecule has 0 saturated carbocycles. The summed E-state index contributed by atoms with van der Waals surface area (Å²) in [7, 11) is 0. The lowest BCUT2D eigenvalue weighted by Crippen LogP contribution is -2.28. The molecule has 0 bridgehead atoms. The van der Waals surface area contributed by atoms with Crippen molar-refractivity contribution in [3.05, 3.63) is 11.9 Å². The van der Waals surface area contributed by atoms with Gasteiger partial charge in [0.1, 0.15) is 0 Å². The van der Waals surface area contributed by atoms with Gasteiger partial charge in [0, 0.05) is 11.9 Å². The molecule has 2 N–H and O–H groups in total. The molecular formula is C7H14N2. The van der Waals surface area contributed by atoms with Crippen molar-refractivity contribution < 1.29 is 0 Å². The predicted octanol–water partition coefficient (Wildman–Crippen LogP) is 1.02. The van der Waals surface area contributed by atoms with Gasteiger partial charge in [0.25, 0.3) is 0 Å². The molecule has 0 aliphatic carbocycles. The second-order valence-corrected chi connectivity index (χ2v) is 2.79. The molecule has 1 unspecified atom stereocenters. The molecule has 2 heteroatoms. The number of allylic oxidation sites excluding steroid dienone is 1. The molecule has 1 aliphatic rings. The Morgan fingerprint density at radius 3 is 2.44 bits per heavy atom. The lowest BCUT2D eigenvalue weighted by molar-refractivity contribution is 0.576. The monoisotopic (exact) mass is 126 g/mol. The van der Waals surface area contributed by atoms with Crippen molar-refractivity contribution in [3.63, 3.8) is 0 Å². The molecule has 9 heavy (non-hydrogen) atoms. The summed E-state index contributed by atoms with van der Waals surface area (Å²) < 4.78 is 0. The van der Waals surface area contributed by atoms with E-state index >= 15 is 0 Å². The van der Waals surface area contributed by atoms with Crippen LogP contribution in [0.15, 0.2) is 11.9 Å². The maximum atomic E-state index is 3.30. The third-order valence-corrected chi connectivity index (χ3v) is 1.49. The normalized spacial score (nSPS) is 25.3. The average molecular weight is 126 g/mol. The van der Waals surface area contributed by atoms with Crippen LogP contribution in [-0.4, -0.2) is 6.17 Å². The Kier molecular flexibility index (Phi) is 1.65. The van der Waals surface area contributed by atoms with Crippen LogP contribution in [0.2, 0.25) is 0 Å². The Balaban J connectivity index is 2.45. The van der Waals surface area contributed by atoms with E-state index in [-0.39, 0.29) is 0 Å². The third-order valence-electron chi connectivity index (χ3n) is 1.49. The first-order valence-electron chi connectivity index (χ1n) is 3.43. The highest BCUT2D eigenvalue weighted by molar-refractivity contribution is 5.07. The van der Waals surface area contributed by atoms with Crippen LogP contribution in [0.5, 0.6) is 0 Å². The van der Waals surface area contributed by atoms with E-state index < -0.39 is 0 Å². The quantitative estimate of drug-likeness (QED) is 0.548. The minimum Gasteiger partial charge on any atom is -0.370 e. The van der Waals surface area contributed by atoms with Gasteiger partial charge in [0.15, 0.2) is 0 Å². The maximum Gasteiger partial charge on any atom is 0.0928 e. The van der Waals surface area contributed by atoms with Crippen LogP contribution in [0.4, 0.5) is 0 Å². The summed E-state index contributed by atoms with van der Waals surface area (Å²) in [5.41, 5.74) is 1.31. The molecule has 52 valence electrons. The van der Waals surface area contributed by atoms with Gasteiger partial charge in [0.2, 0.25) is 0 Å². The topological polar surface area (TPSA) is 24.1 Å². The van der Waals surface area contributed by atoms with Gasteiger partial charge < -0.3 is 10.6 Å². The summed E-state index contributed by atoms with van der Waals surface area (Å²) in [6.07, 6.45) is 2.47. The highest BCUT2D eigenvalue weighted by atomic mass is 15.2. The van der Waals surface area contributed by atoms with Crippen LogP contribution in [-0.2, 0) is 0 Å². The third kappa shape index (κ3) is 1.37. The smallest absolute Gasteiger partial charge is 0.0928 e. The summed E-state index contributed by atoms with van der Waals surface area (Å²) in [5, 5.41) is 6.48. The van der Waals surface area contributed by atoms with Crippen LogP contribution >= 0.6 is 0 Å². The molecule has 0 aromatic heterocycles. The van der Waals surface area contributed by atoms with E-state index in [9.17, 15) is 0 Å². The molecule has 0 spiro atoms. The van der Waals surface area contributed by atoms with Crippen LogP contribution in [0.25, 0.3) is 0 Å². The second kappa shape index (κ2) is 2.29. The van der Waals surface area contributed by atoms with Gasteiger partial charge in [0.05, 0.1) is 6.17 Å². The van der Waals surface area contributed by atoms with Gasteiger partial charge in [-0.25, -0.2) is 0 Å². The molecule has 0 aromatic rings. The van der Waals surface area contributed by atoms with Crippen LogP contribution in [0.1, 0.15) is 20.8 Å². The fraction of sp³-hybridized carbons (Fsp3) is 0.714. The zero-order valence-electron chi connectivity index (χ0n) is 6.23. The SMILES string of the molecule is CC1NC=C(C(C)C)N1. The van der Waals surface area contributed by atoms with Gasteiger partial charge in [-0.3, -0.25) is 0 Å². The van der Waals surface area contributed by atoms with Crippen molar-refractivity contribution in [1.82, 2.24) is 10.6 Å². The van der Waals surface area contributed by atoms with Gasteiger partial charge >= 0.3 is 0 Å². The van der Waals surface area contributed by atoms with E-state index in [0.717, 1.165) is 0 Å². The van der Waals surface area contributed by atoms with Gasteiger partial charge in [-0.05, 0) is 12.8 Å². The predicted molar refractivity (Wildman–Crippen MR) is 38.7 cm³/mol. The summed E-state index contributed by atoms with van der Waals surface area (Å²) in [5.74, 6) is 0.613. The maximum absolute atomic E-state index is 3.30. The van der Waals surface area contributed by atoms with E-state index in [1.165, 1.54) is 5.70 Å². The molecule has 1 atom stereocenters. The largest absolute Gasteiger partial charge is 0.370 e. The molecule has 0 saturated heterocycles. The molecule has 1 heterocycles. The van der Waals surface area contributed by atoms with Gasteiger partial charge in [-0.2, -0.15) is 0 Å². The molecule has 0 fully saturated rings. The first-order chi connectivity index (χ1) is 4.20. The van der Waals surface area contributed by atoms with E-state index in [0.29, 0.717) is 12.1 Å². The summed E-state index contributed by atoms with van der Waals surface area (Å²) in [6, 6.07) is 0. The van der Waals surface area contributed by atoms with E-state index in [1.54, 1.807) is 0 Å². The first kappa shape index (κ1) is 6.46. The highest BCUT2D eigenvalue weighted by Gasteiger charge is 2.11. The van der Waals surface area contributed by atoms with Crippen LogP contribution in [0, 0.1) is 5.92 Å². The number of nitrogens with one attached hydrogen (secondary N) is 2. The van der Waals surface area contributed by atoms with Crippen molar-refractivity contribution >= 4 is 0 Å². The van der Waals surface area contributed by atoms with Crippen molar-refractivity contribution in [3.8, 4) is 0 Å². The van der Waals surface area contributed by atoms with Crippen LogP contribution < -0.4 is 10.6 Å². The molecule has 2 nitrogen and oxygen atoms in total. The fourth-order valence-corrected chi connectivity index (χ4v) is 0.881. The second-order valence-electron chi connectivity index (χ2n) is 2.79. The lowest BCUT2D eigenvalue weighted by Gasteiger charge is -2.09. The van der Waals surface area contributed by atoms with Crippen molar-refractivity contribution in [1.29, 1.82) is 0 Å². The Hall–Kier alpha value is -0.660. The van der Waals surface area contributed by atoms with Crippen molar-refractivity contribution in [2.75, 3.05) is 0 Å². The summed E-state index contributed by atoms with van der Waals surface area (Å²) in [6.45, 7) is 6.46. The standard InChI is InChI=1S/C7H14N2/c1-5(2)7-4-8-6(3)9-7/h4-6,8-9H,1-3H3. The summed E-state index contributed by atoms with van der Waals surface area (Å²) in [4.78, 5) is 0. The Morgan fingerprint density at radius 1 is 1.56 bits per heavy atom. The minimum atomic E-state index is 0.419. The molecule has 0 radical (unpaired) electrons. The van der Waals surface area contributed by atoms with Crippen molar-refractivity contribution in [2.45, 2.75) is 26.9 Å². The molecule has 1 rings (SSSR count). The molecule has 0 amide bonds. The fourth-order valence-electron chi connectivity index (χ4n) is 0.881. The average Bonchev–Trinajstić information content (AvgIpc) is 2.14.